The van der Waals surface area contributed by atoms with Gasteiger partial charge in [-0.15, -0.1) is 0 Å². The lowest BCUT2D eigenvalue weighted by Crippen LogP contribution is -2.38. The first-order valence-electron chi connectivity index (χ1n) is 10.5. The largest absolute Gasteiger partial charge is 0.497 e. The molecule has 0 spiro atoms. The van der Waals surface area contributed by atoms with Crippen molar-refractivity contribution >= 4 is 15.9 Å². The molecule has 8 nitrogen and oxygen atoms in total. The Morgan fingerprint density at radius 1 is 1.00 bits per heavy atom. The van der Waals surface area contributed by atoms with Gasteiger partial charge < -0.3 is 19.5 Å². The Hall–Kier alpha value is -2.78. The van der Waals surface area contributed by atoms with Crippen LogP contribution < -0.4 is 19.5 Å². The van der Waals surface area contributed by atoms with Crippen LogP contribution in [-0.2, 0) is 34.2 Å². The summed E-state index contributed by atoms with van der Waals surface area (Å²) in [5.41, 5.74) is 2.86. The van der Waals surface area contributed by atoms with Crippen molar-refractivity contribution in [2.24, 2.45) is 0 Å². The number of hydrogen-bond acceptors (Lipinski definition) is 6. The Bertz CT molecular complexity index is 1040. The number of carbonyl (C=O) groups is 1. The van der Waals surface area contributed by atoms with Crippen LogP contribution in [0.15, 0.2) is 36.4 Å². The second kappa shape index (κ2) is 10.7. The lowest BCUT2D eigenvalue weighted by Gasteiger charge is -2.29. The van der Waals surface area contributed by atoms with Crippen LogP contribution >= 0.6 is 0 Å². The molecule has 1 aliphatic rings. The highest BCUT2D eigenvalue weighted by atomic mass is 32.2. The van der Waals surface area contributed by atoms with Crippen LogP contribution in [0.3, 0.4) is 0 Å². The first-order valence-corrected chi connectivity index (χ1v) is 12.1. The number of ether oxygens (including phenoxy) is 3. The van der Waals surface area contributed by atoms with E-state index in [9.17, 15) is 13.2 Å². The third-order valence-electron chi connectivity index (χ3n) is 5.50. The highest BCUT2D eigenvalue weighted by Gasteiger charge is 2.27. The van der Waals surface area contributed by atoms with E-state index in [0.717, 1.165) is 22.4 Å². The molecule has 0 unspecified atom stereocenters. The van der Waals surface area contributed by atoms with E-state index in [1.165, 1.54) is 4.31 Å². The zero-order valence-electron chi connectivity index (χ0n) is 18.7. The lowest BCUT2D eigenvalue weighted by molar-refractivity contribution is -0.120. The van der Waals surface area contributed by atoms with E-state index in [1.807, 2.05) is 24.3 Å². The van der Waals surface area contributed by atoms with Gasteiger partial charge in [-0.1, -0.05) is 12.1 Å². The molecule has 0 radical (unpaired) electrons. The maximum Gasteiger partial charge on any atom is 0.224 e. The summed E-state index contributed by atoms with van der Waals surface area (Å²) in [5, 5.41) is 2.80. The third kappa shape index (κ3) is 5.92. The van der Waals surface area contributed by atoms with E-state index < -0.39 is 10.0 Å². The Kier molecular flexibility index (Phi) is 7.98. The van der Waals surface area contributed by atoms with Crippen molar-refractivity contribution in [1.82, 2.24) is 9.62 Å². The van der Waals surface area contributed by atoms with E-state index >= 15 is 0 Å². The first kappa shape index (κ1) is 23.9. The number of benzene rings is 2. The fraction of sp³-hybridized carbons (Fsp3) is 0.435. The molecule has 3 rings (SSSR count). The van der Waals surface area contributed by atoms with Crippen molar-refractivity contribution in [3.8, 4) is 17.2 Å². The predicted octanol–water partition coefficient (Wildman–Crippen LogP) is 2.15. The highest BCUT2D eigenvalue weighted by molar-refractivity contribution is 7.89. The highest BCUT2D eigenvalue weighted by Crippen LogP contribution is 2.33. The van der Waals surface area contributed by atoms with Gasteiger partial charge in [0.2, 0.25) is 15.9 Å². The molecule has 2 aromatic rings. The van der Waals surface area contributed by atoms with Crippen molar-refractivity contribution in [2.75, 3.05) is 40.2 Å². The van der Waals surface area contributed by atoms with Crippen LogP contribution in [-0.4, -0.2) is 58.8 Å². The standard InChI is InChI=1S/C23H30N2O6S/c1-29-20-7-5-17(6-8-20)13-23(26)24-10-4-12-32(27,28)25-11-9-18-14-21(30-2)22(31-3)15-19(18)16-25/h5-8,14-15H,4,9-13,16H2,1-3H3,(H,24,26). The van der Waals surface area contributed by atoms with Gasteiger partial charge in [-0.3, -0.25) is 4.79 Å². The van der Waals surface area contributed by atoms with Gasteiger partial charge in [0.15, 0.2) is 11.5 Å². The lowest BCUT2D eigenvalue weighted by atomic mass is 10.0. The van der Waals surface area contributed by atoms with Crippen molar-refractivity contribution < 1.29 is 27.4 Å². The molecule has 1 N–H and O–H groups in total. The van der Waals surface area contributed by atoms with Crippen LogP contribution in [0.25, 0.3) is 0 Å². The molecular weight excluding hydrogens is 432 g/mol. The summed E-state index contributed by atoms with van der Waals surface area (Å²) in [6.45, 7) is 1.04. The minimum absolute atomic E-state index is 0.0154. The summed E-state index contributed by atoms with van der Waals surface area (Å²) < 4.78 is 42.9. The fourth-order valence-corrected chi connectivity index (χ4v) is 5.17. The zero-order chi connectivity index (χ0) is 23.1. The van der Waals surface area contributed by atoms with Gasteiger partial charge in [0.1, 0.15) is 5.75 Å². The van der Waals surface area contributed by atoms with Gasteiger partial charge in [0.05, 0.1) is 33.5 Å². The smallest absolute Gasteiger partial charge is 0.224 e. The van der Waals surface area contributed by atoms with Crippen molar-refractivity contribution in [1.29, 1.82) is 0 Å². The molecule has 0 fully saturated rings. The number of nitrogens with one attached hydrogen (secondary N) is 1. The van der Waals surface area contributed by atoms with Gasteiger partial charge in [0, 0.05) is 19.6 Å². The molecule has 0 aromatic heterocycles. The molecule has 9 heteroatoms. The van der Waals surface area contributed by atoms with Gasteiger partial charge in [-0.05, 0) is 53.8 Å². The first-order chi connectivity index (χ1) is 15.4. The number of nitrogens with zero attached hydrogens (tertiary/aromatic N) is 1. The Morgan fingerprint density at radius 3 is 2.28 bits per heavy atom. The maximum atomic E-state index is 12.8. The van der Waals surface area contributed by atoms with Gasteiger partial charge >= 0.3 is 0 Å². The number of amides is 1. The molecule has 2 aromatic carbocycles. The molecule has 0 aliphatic carbocycles. The van der Waals surface area contributed by atoms with Crippen LogP contribution in [0, 0.1) is 0 Å². The topological polar surface area (TPSA) is 94.2 Å². The minimum Gasteiger partial charge on any atom is -0.497 e. The molecule has 0 bridgehead atoms. The zero-order valence-corrected chi connectivity index (χ0v) is 19.5. The second-order valence-corrected chi connectivity index (χ2v) is 9.69. The Balaban J connectivity index is 1.48. The summed E-state index contributed by atoms with van der Waals surface area (Å²) in [6.07, 6.45) is 1.21. The molecule has 0 atom stereocenters. The van der Waals surface area contributed by atoms with Crippen molar-refractivity contribution in [3.63, 3.8) is 0 Å². The molecule has 0 saturated carbocycles. The quantitative estimate of drug-likeness (QED) is 0.544. The van der Waals surface area contributed by atoms with Crippen LogP contribution in [0.1, 0.15) is 23.1 Å². The number of sulfonamides is 1. The van der Waals surface area contributed by atoms with E-state index in [2.05, 4.69) is 5.32 Å². The van der Waals surface area contributed by atoms with E-state index in [0.29, 0.717) is 44.0 Å². The van der Waals surface area contributed by atoms with Gasteiger partial charge in [0.25, 0.3) is 0 Å². The Morgan fingerprint density at radius 2 is 1.66 bits per heavy atom. The summed E-state index contributed by atoms with van der Waals surface area (Å²) in [5.74, 6) is 1.81. The van der Waals surface area contributed by atoms with Crippen molar-refractivity contribution in [3.05, 3.63) is 53.1 Å². The fourth-order valence-electron chi connectivity index (χ4n) is 3.70. The third-order valence-corrected chi connectivity index (χ3v) is 7.40. The van der Waals surface area contributed by atoms with Gasteiger partial charge in [-0.2, -0.15) is 4.31 Å². The average molecular weight is 463 g/mol. The number of carbonyl (C=O) groups excluding carboxylic acids is 1. The molecule has 32 heavy (non-hydrogen) atoms. The monoisotopic (exact) mass is 462 g/mol. The number of rotatable bonds is 10. The van der Waals surface area contributed by atoms with Crippen LogP contribution in [0.2, 0.25) is 0 Å². The van der Waals surface area contributed by atoms with E-state index in [4.69, 9.17) is 14.2 Å². The second-order valence-electron chi connectivity index (χ2n) is 7.60. The number of methoxy groups -OCH3 is 3. The molecule has 1 heterocycles. The summed E-state index contributed by atoms with van der Waals surface area (Å²) in [7, 11) is 1.30. The molecular formula is C23H30N2O6S. The van der Waals surface area contributed by atoms with Crippen molar-refractivity contribution in [2.45, 2.75) is 25.8 Å². The molecule has 174 valence electrons. The molecule has 1 aliphatic heterocycles. The average Bonchev–Trinajstić information content (AvgIpc) is 2.81. The van der Waals surface area contributed by atoms with Crippen LogP contribution in [0.4, 0.5) is 0 Å². The maximum absolute atomic E-state index is 12.8. The summed E-state index contributed by atoms with van der Waals surface area (Å²) in [4.78, 5) is 12.1. The Labute approximate surface area is 189 Å². The summed E-state index contributed by atoms with van der Waals surface area (Å²) >= 11 is 0. The van der Waals surface area contributed by atoms with E-state index in [-0.39, 0.29) is 18.1 Å². The molecule has 0 saturated heterocycles. The molecule has 1 amide bonds. The SMILES string of the molecule is COc1ccc(CC(=O)NCCCS(=O)(=O)N2CCc3cc(OC)c(OC)cc3C2)cc1. The minimum atomic E-state index is -3.43. The van der Waals surface area contributed by atoms with Crippen LogP contribution in [0.5, 0.6) is 17.2 Å². The summed E-state index contributed by atoms with van der Waals surface area (Å²) in [6, 6.07) is 11.0. The normalized spacial score (nSPS) is 13.8. The van der Waals surface area contributed by atoms with E-state index in [1.54, 1.807) is 33.5 Å². The number of fused-ring (bicyclic) bond motifs is 1. The number of hydrogen-bond donors (Lipinski definition) is 1. The van der Waals surface area contributed by atoms with Gasteiger partial charge in [-0.25, -0.2) is 8.42 Å². The predicted molar refractivity (Wildman–Crippen MR) is 122 cm³/mol.